The van der Waals surface area contributed by atoms with Gasteiger partial charge < -0.3 is 5.11 Å². The summed E-state index contributed by atoms with van der Waals surface area (Å²) in [4.78, 5) is 11.7. The monoisotopic (exact) mass is 281 g/mol. The van der Waals surface area contributed by atoms with E-state index in [4.69, 9.17) is 11.6 Å². The van der Waals surface area contributed by atoms with Gasteiger partial charge in [0.2, 0.25) is 0 Å². The molecule has 0 aromatic heterocycles. The minimum absolute atomic E-state index is 0.0998. The molecule has 2 rings (SSSR count). The Morgan fingerprint density at radius 3 is 2.44 bits per heavy atom. The smallest absolute Gasteiger partial charge is 0.301 e. The Bertz CT molecular complexity index is 586. The van der Waals surface area contributed by atoms with E-state index in [1.165, 1.54) is 30.0 Å². The molecule has 1 N–H and O–H groups in total. The normalized spacial score (nSPS) is 10.3. The Hall–Kier alpha value is -1.72. The highest BCUT2D eigenvalue weighted by molar-refractivity contribution is 7.99. The number of phenolic OH excluding ortho intramolecular Hbond substituents is 1. The van der Waals surface area contributed by atoms with Crippen molar-refractivity contribution < 1.29 is 10.0 Å². The van der Waals surface area contributed by atoms with Gasteiger partial charge >= 0.3 is 5.69 Å². The molecule has 0 fully saturated rings. The summed E-state index contributed by atoms with van der Waals surface area (Å²) in [5, 5.41) is 20.2. The predicted octanol–water partition coefficient (Wildman–Crippen LogP) is 4.11. The minimum Gasteiger partial charge on any atom is -0.508 e. The summed E-state index contributed by atoms with van der Waals surface area (Å²) in [5.41, 5.74) is -0.0998. The molecule has 18 heavy (non-hydrogen) atoms. The second-order valence-corrected chi connectivity index (χ2v) is 4.96. The summed E-state index contributed by atoms with van der Waals surface area (Å²) in [5.74, 6) is 0.153. The molecule has 0 bridgehead atoms. The van der Waals surface area contributed by atoms with Crippen LogP contribution in [0.5, 0.6) is 5.75 Å². The average molecular weight is 282 g/mol. The number of benzene rings is 2. The summed E-state index contributed by atoms with van der Waals surface area (Å²) in [7, 11) is 0. The minimum atomic E-state index is -0.495. The zero-order chi connectivity index (χ0) is 13.1. The van der Waals surface area contributed by atoms with Gasteiger partial charge in [0.25, 0.3) is 0 Å². The lowest BCUT2D eigenvalue weighted by atomic mass is 10.3. The third-order valence-electron chi connectivity index (χ3n) is 2.20. The maximum Gasteiger partial charge on any atom is 0.301 e. The molecule has 0 amide bonds. The number of para-hydroxylation sites is 1. The first kappa shape index (κ1) is 12.7. The van der Waals surface area contributed by atoms with Crippen LogP contribution in [0.15, 0.2) is 52.3 Å². The number of rotatable bonds is 3. The molecule has 0 heterocycles. The summed E-state index contributed by atoms with van der Waals surface area (Å²) >= 11 is 7.05. The SMILES string of the molecule is O=[N+]([O-])c1c(Cl)cccc1Sc1ccc(O)cc1. The zero-order valence-corrected chi connectivity index (χ0v) is 10.6. The van der Waals surface area contributed by atoms with Crippen molar-refractivity contribution in [2.24, 2.45) is 0 Å². The Balaban J connectivity index is 2.37. The molecule has 0 aliphatic carbocycles. The first-order valence-electron chi connectivity index (χ1n) is 4.97. The Morgan fingerprint density at radius 2 is 1.83 bits per heavy atom. The van der Waals surface area contributed by atoms with E-state index >= 15 is 0 Å². The highest BCUT2D eigenvalue weighted by Crippen LogP contribution is 2.39. The first-order valence-corrected chi connectivity index (χ1v) is 6.17. The molecular formula is C12H8ClNO3S. The predicted molar refractivity (Wildman–Crippen MR) is 70.3 cm³/mol. The number of hydrogen-bond acceptors (Lipinski definition) is 4. The molecule has 0 aliphatic heterocycles. The van der Waals surface area contributed by atoms with Crippen LogP contribution in [0, 0.1) is 10.1 Å². The quantitative estimate of drug-likeness (QED) is 0.679. The topological polar surface area (TPSA) is 63.4 Å². The molecular weight excluding hydrogens is 274 g/mol. The van der Waals surface area contributed by atoms with Crippen LogP contribution >= 0.6 is 23.4 Å². The fraction of sp³-hybridized carbons (Fsp3) is 0. The third kappa shape index (κ3) is 2.75. The van der Waals surface area contributed by atoms with E-state index in [0.717, 1.165) is 4.90 Å². The molecule has 0 saturated heterocycles. The van der Waals surface area contributed by atoms with E-state index < -0.39 is 4.92 Å². The lowest BCUT2D eigenvalue weighted by molar-refractivity contribution is -0.387. The van der Waals surface area contributed by atoms with Gasteiger partial charge in [0, 0.05) is 4.90 Å². The van der Waals surface area contributed by atoms with Crippen LogP contribution in [0.3, 0.4) is 0 Å². The fourth-order valence-corrected chi connectivity index (χ4v) is 2.65. The number of halogens is 1. The van der Waals surface area contributed by atoms with Crippen LogP contribution < -0.4 is 0 Å². The van der Waals surface area contributed by atoms with Crippen molar-refractivity contribution in [1.82, 2.24) is 0 Å². The summed E-state index contributed by atoms with van der Waals surface area (Å²) in [6.07, 6.45) is 0. The zero-order valence-electron chi connectivity index (χ0n) is 9.04. The second kappa shape index (κ2) is 5.29. The van der Waals surface area contributed by atoms with Crippen molar-refractivity contribution in [3.05, 3.63) is 57.6 Å². The van der Waals surface area contributed by atoms with Gasteiger partial charge in [-0.25, -0.2) is 0 Å². The van der Waals surface area contributed by atoms with Gasteiger partial charge in [0.15, 0.2) is 0 Å². The second-order valence-electron chi connectivity index (χ2n) is 3.44. The van der Waals surface area contributed by atoms with E-state index in [9.17, 15) is 15.2 Å². The summed E-state index contributed by atoms with van der Waals surface area (Å²) < 4.78 is 0. The van der Waals surface area contributed by atoms with E-state index in [0.29, 0.717) is 4.90 Å². The molecule has 2 aromatic carbocycles. The van der Waals surface area contributed by atoms with Crippen molar-refractivity contribution in [2.75, 3.05) is 0 Å². The van der Waals surface area contributed by atoms with Crippen molar-refractivity contribution in [2.45, 2.75) is 9.79 Å². The standard InChI is InChI=1S/C12H8ClNO3S/c13-10-2-1-3-11(12(10)14(16)17)18-9-6-4-8(15)5-7-9/h1-7,15H. The Kier molecular flexibility index (Phi) is 3.74. The van der Waals surface area contributed by atoms with E-state index in [1.807, 2.05) is 0 Å². The van der Waals surface area contributed by atoms with Crippen molar-refractivity contribution in [3.8, 4) is 5.75 Å². The molecule has 2 aromatic rings. The van der Waals surface area contributed by atoms with Gasteiger partial charge in [-0.3, -0.25) is 10.1 Å². The molecule has 92 valence electrons. The molecule has 0 atom stereocenters. The lowest BCUT2D eigenvalue weighted by Crippen LogP contribution is -1.91. The molecule has 4 nitrogen and oxygen atoms in total. The molecule has 0 aliphatic rings. The molecule has 0 unspecified atom stereocenters. The van der Waals surface area contributed by atoms with Crippen LogP contribution in [0.4, 0.5) is 5.69 Å². The summed E-state index contributed by atoms with van der Waals surface area (Å²) in [6, 6.07) is 11.2. The number of phenols is 1. The van der Waals surface area contributed by atoms with Crippen LogP contribution in [0.2, 0.25) is 5.02 Å². The molecule has 0 spiro atoms. The lowest BCUT2D eigenvalue weighted by Gasteiger charge is -2.04. The van der Waals surface area contributed by atoms with Crippen LogP contribution in [0.25, 0.3) is 0 Å². The largest absolute Gasteiger partial charge is 0.508 e. The molecule has 6 heteroatoms. The number of hydrogen-bond donors (Lipinski definition) is 1. The number of nitrogens with zero attached hydrogens (tertiary/aromatic N) is 1. The van der Waals surface area contributed by atoms with Crippen LogP contribution in [-0.4, -0.2) is 10.0 Å². The van der Waals surface area contributed by atoms with Crippen LogP contribution in [-0.2, 0) is 0 Å². The van der Waals surface area contributed by atoms with E-state index in [1.54, 1.807) is 24.3 Å². The highest BCUT2D eigenvalue weighted by Gasteiger charge is 2.18. The fourth-order valence-electron chi connectivity index (χ4n) is 1.40. The van der Waals surface area contributed by atoms with E-state index in [-0.39, 0.29) is 16.5 Å². The molecule has 0 saturated carbocycles. The Morgan fingerprint density at radius 1 is 1.17 bits per heavy atom. The average Bonchev–Trinajstić information content (AvgIpc) is 2.32. The number of nitro benzene ring substituents is 1. The number of nitro groups is 1. The van der Waals surface area contributed by atoms with Gasteiger partial charge in [-0.05, 0) is 36.4 Å². The molecule has 0 radical (unpaired) electrons. The van der Waals surface area contributed by atoms with Gasteiger partial charge in [-0.15, -0.1) is 0 Å². The van der Waals surface area contributed by atoms with Gasteiger partial charge in [0.1, 0.15) is 10.8 Å². The maximum atomic E-state index is 11.0. The van der Waals surface area contributed by atoms with Crippen molar-refractivity contribution in [3.63, 3.8) is 0 Å². The first-order chi connectivity index (χ1) is 8.58. The number of aromatic hydroxyl groups is 1. The van der Waals surface area contributed by atoms with Gasteiger partial charge in [0.05, 0.1) is 9.82 Å². The van der Waals surface area contributed by atoms with Gasteiger partial charge in [-0.2, -0.15) is 0 Å². The van der Waals surface area contributed by atoms with E-state index in [2.05, 4.69) is 0 Å². The highest BCUT2D eigenvalue weighted by atomic mass is 35.5. The van der Waals surface area contributed by atoms with Gasteiger partial charge in [-0.1, -0.05) is 29.4 Å². The third-order valence-corrected chi connectivity index (χ3v) is 3.56. The Labute approximate surface area is 112 Å². The van der Waals surface area contributed by atoms with Crippen LogP contribution in [0.1, 0.15) is 0 Å². The maximum absolute atomic E-state index is 11.0. The van der Waals surface area contributed by atoms with Crippen molar-refractivity contribution in [1.29, 1.82) is 0 Å². The van der Waals surface area contributed by atoms with Crippen molar-refractivity contribution >= 4 is 29.1 Å². The summed E-state index contributed by atoms with van der Waals surface area (Å²) in [6.45, 7) is 0.